The summed E-state index contributed by atoms with van der Waals surface area (Å²) in [4.78, 5) is 0. The number of nitrogens with one attached hydrogen (secondary N) is 1. The number of para-hydroxylation sites is 1. The van der Waals surface area contributed by atoms with Gasteiger partial charge in [0.15, 0.2) is 0 Å². The molecule has 1 aromatic carbocycles. The molecule has 1 saturated heterocycles. The molecular weight excluding hydrogens is 176 g/mol. The van der Waals surface area contributed by atoms with E-state index in [9.17, 15) is 5.21 Å². The summed E-state index contributed by atoms with van der Waals surface area (Å²) < 4.78 is 0. The summed E-state index contributed by atoms with van der Waals surface area (Å²) in [5.74, 6) is 0. The first-order valence-corrected chi connectivity index (χ1v) is 5.08. The number of piperidine rings is 1. The molecule has 0 amide bonds. The highest BCUT2D eigenvalue weighted by Crippen LogP contribution is 2.15. The summed E-state index contributed by atoms with van der Waals surface area (Å²) >= 11 is 0. The van der Waals surface area contributed by atoms with Crippen LogP contribution in [0, 0.1) is 5.21 Å². The highest BCUT2D eigenvalue weighted by Gasteiger charge is 2.13. The number of hydroxylamine groups is 2. The first kappa shape index (κ1) is 9.49. The van der Waals surface area contributed by atoms with E-state index in [-0.39, 0.29) is 0 Å². The summed E-state index contributed by atoms with van der Waals surface area (Å²) in [6.45, 7) is 1.31. The number of hydrogen-bond acceptors (Lipinski definition) is 3. The third-order valence-corrected chi connectivity index (χ3v) is 2.60. The van der Waals surface area contributed by atoms with Gasteiger partial charge in [0.05, 0.1) is 0 Å². The molecule has 1 heterocycles. The lowest BCUT2D eigenvalue weighted by molar-refractivity contribution is 0.295. The van der Waals surface area contributed by atoms with E-state index in [1.165, 1.54) is 0 Å². The van der Waals surface area contributed by atoms with Crippen LogP contribution in [0.3, 0.4) is 0 Å². The van der Waals surface area contributed by atoms with Crippen LogP contribution in [0.25, 0.3) is 0 Å². The summed E-state index contributed by atoms with van der Waals surface area (Å²) in [5, 5.41) is 15.5. The van der Waals surface area contributed by atoms with E-state index < -0.39 is 0 Å². The smallest absolute Gasteiger partial charge is 0.0342 e. The van der Waals surface area contributed by atoms with Crippen molar-refractivity contribution in [3.8, 4) is 0 Å². The topological polar surface area (TPSA) is 38.3 Å². The van der Waals surface area contributed by atoms with Crippen LogP contribution in [0.15, 0.2) is 30.3 Å². The van der Waals surface area contributed by atoms with Gasteiger partial charge in [0.1, 0.15) is 0 Å². The van der Waals surface area contributed by atoms with Crippen LogP contribution >= 0.6 is 0 Å². The first-order valence-electron chi connectivity index (χ1n) is 5.08. The molecule has 0 aromatic heterocycles. The highest BCUT2D eigenvalue weighted by atomic mass is 16.5. The van der Waals surface area contributed by atoms with Crippen molar-refractivity contribution in [2.45, 2.75) is 18.9 Å². The minimum atomic E-state index is 0.461. The van der Waals surface area contributed by atoms with Crippen LogP contribution in [-0.2, 0) is 0 Å². The molecule has 0 atom stereocenters. The van der Waals surface area contributed by atoms with Gasteiger partial charge in [-0.3, -0.25) is 0 Å². The van der Waals surface area contributed by atoms with Crippen molar-refractivity contribution < 1.29 is 0 Å². The Morgan fingerprint density at radius 1 is 1.14 bits per heavy atom. The van der Waals surface area contributed by atoms with E-state index in [0.717, 1.165) is 23.6 Å². The second kappa shape index (κ2) is 4.44. The van der Waals surface area contributed by atoms with Gasteiger partial charge in [-0.25, -0.2) is 0 Å². The summed E-state index contributed by atoms with van der Waals surface area (Å²) in [5.41, 5.74) is 1.15. The molecule has 0 radical (unpaired) electrons. The van der Waals surface area contributed by atoms with Crippen LogP contribution in [-0.4, -0.2) is 24.2 Å². The Hall–Kier alpha value is -1.06. The minimum absolute atomic E-state index is 0.461. The molecule has 0 saturated carbocycles. The molecule has 0 bridgehead atoms. The van der Waals surface area contributed by atoms with E-state index in [1.54, 1.807) is 0 Å². The zero-order valence-corrected chi connectivity index (χ0v) is 8.15. The molecule has 0 unspecified atom stereocenters. The molecular formula is C11H15N2O-. The van der Waals surface area contributed by atoms with E-state index in [0.29, 0.717) is 19.1 Å². The Morgan fingerprint density at radius 3 is 2.43 bits per heavy atom. The van der Waals surface area contributed by atoms with E-state index >= 15 is 0 Å². The monoisotopic (exact) mass is 191 g/mol. The minimum Gasteiger partial charge on any atom is -0.785 e. The Morgan fingerprint density at radius 2 is 1.79 bits per heavy atom. The van der Waals surface area contributed by atoms with Gasteiger partial charge in [-0.1, -0.05) is 18.2 Å². The fourth-order valence-corrected chi connectivity index (χ4v) is 1.77. The molecule has 1 N–H and O–H groups in total. The summed E-state index contributed by atoms with van der Waals surface area (Å²) in [7, 11) is 0. The van der Waals surface area contributed by atoms with Crippen LogP contribution in [0.1, 0.15) is 12.8 Å². The van der Waals surface area contributed by atoms with Crippen molar-refractivity contribution >= 4 is 5.69 Å². The van der Waals surface area contributed by atoms with Gasteiger partial charge in [-0.2, -0.15) is 0 Å². The van der Waals surface area contributed by atoms with Crippen molar-refractivity contribution in [3.05, 3.63) is 35.5 Å². The molecule has 1 aliphatic rings. The SMILES string of the molecule is [O-]N1CCC(Nc2ccccc2)CC1. The Labute approximate surface area is 84.3 Å². The lowest BCUT2D eigenvalue weighted by Gasteiger charge is -2.36. The average Bonchev–Trinajstić information content (AvgIpc) is 2.23. The molecule has 14 heavy (non-hydrogen) atoms. The Kier molecular flexibility index (Phi) is 3.01. The fraction of sp³-hybridized carbons (Fsp3) is 0.455. The van der Waals surface area contributed by atoms with Crippen LogP contribution in [0.5, 0.6) is 0 Å². The number of rotatable bonds is 2. The third kappa shape index (κ3) is 2.47. The van der Waals surface area contributed by atoms with Gasteiger partial charge in [0.2, 0.25) is 0 Å². The molecule has 0 aliphatic carbocycles. The number of nitrogens with zero attached hydrogens (tertiary/aromatic N) is 1. The molecule has 3 heteroatoms. The van der Waals surface area contributed by atoms with Gasteiger partial charge in [0.25, 0.3) is 0 Å². The second-order valence-electron chi connectivity index (χ2n) is 3.71. The second-order valence-corrected chi connectivity index (χ2v) is 3.71. The predicted octanol–water partition coefficient (Wildman–Crippen LogP) is 2.06. The van der Waals surface area contributed by atoms with E-state index in [1.807, 2.05) is 18.2 Å². The van der Waals surface area contributed by atoms with E-state index in [4.69, 9.17) is 0 Å². The molecule has 3 nitrogen and oxygen atoms in total. The predicted molar refractivity (Wildman–Crippen MR) is 58.0 cm³/mol. The lowest BCUT2D eigenvalue weighted by Crippen LogP contribution is -2.35. The maximum absolute atomic E-state index is 10.9. The first-order chi connectivity index (χ1) is 6.84. The molecule has 1 fully saturated rings. The average molecular weight is 191 g/mol. The van der Waals surface area contributed by atoms with Gasteiger partial charge >= 0.3 is 0 Å². The lowest BCUT2D eigenvalue weighted by atomic mass is 10.1. The van der Waals surface area contributed by atoms with Crippen LogP contribution < -0.4 is 5.32 Å². The standard InChI is InChI=1S/C11H15N2O/c14-13-8-6-11(7-9-13)12-10-4-2-1-3-5-10/h1-5,11-12H,6-9H2/q-1. The molecule has 76 valence electrons. The Bertz CT molecular complexity index is 268. The Balaban J connectivity index is 1.87. The molecule has 1 aliphatic heterocycles. The molecule has 0 spiro atoms. The van der Waals surface area contributed by atoms with Gasteiger partial charge in [-0.05, 0) is 38.1 Å². The zero-order valence-electron chi connectivity index (χ0n) is 8.15. The summed E-state index contributed by atoms with van der Waals surface area (Å²) in [6.07, 6.45) is 1.89. The van der Waals surface area contributed by atoms with Crippen molar-refractivity contribution in [2.75, 3.05) is 18.4 Å². The zero-order chi connectivity index (χ0) is 9.80. The fourth-order valence-electron chi connectivity index (χ4n) is 1.77. The van der Waals surface area contributed by atoms with Gasteiger partial charge < -0.3 is 15.6 Å². The molecule has 1 aromatic rings. The van der Waals surface area contributed by atoms with Crippen LogP contribution in [0.4, 0.5) is 5.69 Å². The quantitative estimate of drug-likeness (QED) is 0.777. The molecule has 2 rings (SSSR count). The van der Waals surface area contributed by atoms with Crippen molar-refractivity contribution in [2.24, 2.45) is 0 Å². The highest BCUT2D eigenvalue weighted by molar-refractivity contribution is 5.43. The van der Waals surface area contributed by atoms with E-state index in [2.05, 4.69) is 17.4 Å². The maximum atomic E-state index is 10.9. The number of benzene rings is 1. The largest absolute Gasteiger partial charge is 0.785 e. The number of hydrogen-bond donors (Lipinski definition) is 1. The third-order valence-electron chi connectivity index (χ3n) is 2.60. The van der Waals surface area contributed by atoms with Crippen molar-refractivity contribution in [3.63, 3.8) is 0 Å². The van der Waals surface area contributed by atoms with Gasteiger partial charge in [-0.15, -0.1) is 0 Å². The van der Waals surface area contributed by atoms with Crippen molar-refractivity contribution in [1.29, 1.82) is 0 Å². The normalized spacial score (nSPS) is 19.5. The maximum Gasteiger partial charge on any atom is 0.0342 e. The number of anilines is 1. The van der Waals surface area contributed by atoms with Crippen LogP contribution in [0.2, 0.25) is 0 Å². The van der Waals surface area contributed by atoms with Crippen molar-refractivity contribution in [1.82, 2.24) is 5.06 Å². The van der Waals surface area contributed by atoms with Gasteiger partial charge in [0, 0.05) is 11.7 Å². The summed E-state index contributed by atoms with van der Waals surface area (Å²) in [6, 6.07) is 10.6.